The smallest absolute Gasteiger partial charge is 0.408 e. The summed E-state index contributed by atoms with van der Waals surface area (Å²) in [5.74, 6) is -9.78. The number of rotatable bonds is 16. The molecule has 0 aliphatic carbocycles. The number of hydrogen-bond acceptors (Lipinski definition) is 7. The van der Waals surface area contributed by atoms with Crippen LogP contribution >= 0.6 is 46.4 Å². The first-order valence-corrected chi connectivity index (χ1v) is 18.4. The van der Waals surface area contributed by atoms with Crippen LogP contribution in [0.1, 0.15) is 54.4 Å². The Bertz CT molecular complexity index is 1900. The van der Waals surface area contributed by atoms with E-state index in [2.05, 4.69) is 10.6 Å². The van der Waals surface area contributed by atoms with Crippen molar-refractivity contribution in [2.24, 2.45) is 5.92 Å². The molecular formula is C40H38Cl4N2O10. The minimum Gasteiger partial charge on any atom is -0.480 e. The molecule has 0 radical (unpaired) electrons. The van der Waals surface area contributed by atoms with Gasteiger partial charge < -0.3 is 30.7 Å². The quantitative estimate of drug-likeness (QED) is 0.0689. The van der Waals surface area contributed by atoms with Gasteiger partial charge in [0.2, 0.25) is 5.91 Å². The van der Waals surface area contributed by atoms with E-state index in [-0.39, 0.29) is 50.2 Å². The summed E-state index contributed by atoms with van der Waals surface area (Å²) >= 11 is 24.0. The Kier molecular flexibility index (Phi) is 17.6. The maximum Gasteiger partial charge on any atom is 0.408 e. The number of aliphatic carboxylic acids is 3. The van der Waals surface area contributed by atoms with Crippen molar-refractivity contribution in [2.75, 3.05) is 0 Å². The molecule has 0 saturated heterocycles. The highest BCUT2D eigenvalue weighted by molar-refractivity contribution is 6.39. The predicted molar refractivity (Wildman–Crippen MR) is 211 cm³/mol. The third-order valence-corrected chi connectivity index (χ3v) is 9.38. The normalized spacial score (nSPS) is 12.8. The molecule has 56 heavy (non-hydrogen) atoms. The van der Waals surface area contributed by atoms with Gasteiger partial charge in [-0.05, 0) is 47.7 Å². The van der Waals surface area contributed by atoms with Gasteiger partial charge in [0, 0.05) is 37.6 Å². The lowest BCUT2D eigenvalue weighted by Gasteiger charge is -2.22. The molecule has 12 nitrogen and oxygen atoms in total. The topological polar surface area (TPSA) is 196 Å². The van der Waals surface area contributed by atoms with E-state index < -0.39 is 59.6 Å². The number of halogens is 4. The van der Waals surface area contributed by atoms with Gasteiger partial charge in [-0.1, -0.05) is 133 Å². The molecule has 0 aliphatic rings. The minimum absolute atomic E-state index is 0.0763. The second-order valence-electron chi connectivity index (χ2n) is 12.7. The summed E-state index contributed by atoms with van der Waals surface area (Å²) in [6.07, 6.45) is -0.229. The summed E-state index contributed by atoms with van der Waals surface area (Å²) in [5, 5.41) is 33.4. The van der Waals surface area contributed by atoms with Gasteiger partial charge in [-0.25, -0.2) is 9.59 Å². The molecule has 4 aromatic rings. The fourth-order valence-corrected chi connectivity index (χ4v) is 6.68. The van der Waals surface area contributed by atoms with Crippen molar-refractivity contribution < 1.29 is 48.8 Å². The first-order chi connectivity index (χ1) is 26.5. The van der Waals surface area contributed by atoms with E-state index in [1.165, 1.54) is 36.4 Å². The lowest BCUT2D eigenvalue weighted by atomic mass is 9.83. The number of benzene rings is 4. The minimum atomic E-state index is -1.91. The Morgan fingerprint density at radius 2 is 1.00 bits per heavy atom. The maximum atomic E-state index is 12.9. The molecule has 0 bridgehead atoms. The average molecular weight is 849 g/mol. The monoisotopic (exact) mass is 846 g/mol. The molecule has 296 valence electrons. The fraction of sp³-hybridized carbons (Fsp3) is 0.250. The Morgan fingerprint density at radius 3 is 1.39 bits per heavy atom. The van der Waals surface area contributed by atoms with E-state index >= 15 is 0 Å². The number of ketones is 1. The molecule has 5 N–H and O–H groups in total. The molecule has 4 aromatic carbocycles. The van der Waals surface area contributed by atoms with Crippen LogP contribution < -0.4 is 10.6 Å². The van der Waals surface area contributed by atoms with Crippen molar-refractivity contribution in [1.82, 2.24) is 10.6 Å². The number of Topliss-reactive ketones (excluding diaryl/α,β-unsaturated/α-hetero) is 1. The summed E-state index contributed by atoms with van der Waals surface area (Å²) in [6.45, 7) is 3.90. The van der Waals surface area contributed by atoms with Crippen molar-refractivity contribution in [1.29, 1.82) is 0 Å². The molecule has 0 spiro atoms. The molecule has 16 heteroatoms. The highest BCUT2D eigenvalue weighted by atomic mass is 35.5. The van der Waals surface area contributed by atoms with Crippen molar-refractivity contribution in [2.45, 2.75) is 57.2 Å². The van der Waals surface area contributed by atoms with Gasteiger partial charge in [0.1, 0.15) is 30.5 Å². The van der Waals surface area contributed by atoms with E-state index in [4.69, 9.17) is 51.1 Å². The summed E-state index contributed by atoms with van der Waals surface area (Å²) in [7, 11) is 0. The first-order valence-electron chi connectivity index (χ1n) is 16.9. The van der Waals surface area contributed by atoms with Crippen LogP contribution in [0.15, 0.2) is 97.1 Å². The van der Waals surface area contributed by atoms with Crippen molar-refractivity contribution >= 4 is 82.1 Å². The molecule has 0 aromatic heterocycles. The van der Waals surface area contributed by atoms with Crippen LogP contribution in [0.25, 0.3) is 0 Å². The Labute approximate surface area is 342 Å². The molecule has 4 rings (SSSR count). The van der Waals surface area contributed by atoms with E-state index in [1.54, 1.807) is 12.1 Å². The molecule has 0 fully saturated rings. The van der Waals surface area contributed by atoms with Gasteiger partial charge in [-0.2, -0.15) is 0 Å². The Hall–Kier alpha value is -5.14. The SMILES string of the molecule is CC(C)C[C@H](NC(=O)OCc1ccccc1)C(=O)N[C@@H](Cc1ccccc1)C(=O)O.O=C(O)C(C(=O)C(C(=O)O)c1c(Cl)cccc1Cl)c1c(Cl)cccc1Cl. The van der Waals surface area contributed by atoms with E-state index in [0.29, 0.717) is 6.42 Å². The zero-order valence-corrected chi connectivity index (χ0v) is 33.0. The molecule has 4 atom stereocenters. The number of alkyl carbamates (subject to hydrolysis) is 1. The molecule has 0 heterocycles. The van der Waals surface area contributed by atoms with Crippen molar-refractivity contribution in [3.05, 3.63) is 139 Å². The largest absolute Gasteiger partial charge is 0.480 e. The summed E-state index contributed by atoms with van der Waals surface area (Å²) in [4.78, 5) is 73.1. The number of ether oxygens (including phenoxy) is 1. The van der Waals surface area contributed by atoms with Crippen LogP contribution in [0.3, 0.4) is 0 Å². The number of nitrogens with one attached hydrogen (secondary N) is 2. The molecule has 0 aliphatic heterocycles. The number of carboxylic acid groups (broad SMARTS) is 3. The molecular weight excluding hydrogens is 810 g/mol. The highest BCUT2D eigenvalue weighted by Gasteiger charge is 2.42. The zero-order valence-electron chi connectivity index (χ0n) is 30.0. The zero-order chi connectivity index (χ0) is 41.5. The van der Waals surface area contributed by atoms with Crippen LogP contribution in [0, 0.1) is 5.92 Å². The van der Waals surface area contributed by atoms with Crippen LogP contribution in [0.2, 0.25) is 20.1 Å². The third-order valence-electron chi connectivity index (χ3n) is 8.07. The van der Waals surface area contributed by atoms with Gasteiger partial charge in [0.15, 0.2) is 5.78 Å². The van der Waals surface area contributed by atoms with Gasteiger partial charge in [-0.3, -0.25) is 19.2 Å². The number of hydrogen-bond donors (Lipinski definition) is 5. The van der Waals surface area contributed by atoms with E-state index in [0.717, 1.165) is 11.1 Å². The van der Waals surface area contributed by atoms with Gasteiger partial charge in [0.05, 0.1) is 0 Å². The lowest BCUT2D eigenvalue weighted by molar-refractivity contribution is -0.147. The predicted octanol–water partition coefficient (Wildman–Crippen LogP) is 8.05. The maximum absolute atomic E-state index is 12.9. The highest BCUT2D eigenvalue weighted by Crippen LogP contribution is 2.39. The number of carbonyl (C=O) groups is 6. The van der Waals surface area contributed by atoms with Crippen LogP contribution in [0.5, 0.6) is 0 Å². The van der Waals surface area contributed by atoms with Gasteiger partial charge in [-0.15, -0.1) is 0 Å². The third kappa shape index (κ3) is 13.3. The second-order valence-corrected chi connectivity index (χ2v) is 14.3. The summed E-state index contributed by atoms with van der Waals surface area (Å²) < 4.78 is 5.19. The lowest BCUT2D eigenvalue weighted by Crippen LogP contribution is -2.52. The van der Waals surface area contributed by atoms with E-state index in [1.807, 2.05) is 62.4 Å². The summed E-state index contributed by atoms with van der Waals surface area (Å²) in [5.41, 5.74) is 1.23. The van der Waals surface area contributed by atoms with Crippen LogP contribution in [-0.2, 0) is 41.7 Å². The number of amides is 2. The standard InChI is InChI=1S/C23H28N2O5.C17H10Cl4O5/c1-16(2)13-19(25-23(29)30-15-18-11-7-4-8-12-18)21(26)24-20(22(27)28)14-17-9-5-3-6-10-17;18-7-3-1-4-8(19)11(7)13(16(23)24)15(22)14(17(25)26)12-9(20)5-2-6-10(12)21/h3-12,16,19-20H,13-15H2,1-2H3,(H,24,26)(H,25,29)(H,27,28);1-6,13-14H,(H,23,24)(H,25,26)/t19-,20-;/m0./s1. The van der Waals surface area contributed by atoms with Gasteiger partial charge in [0.25, 0.3) is 0 Å². The number of carbonyl (C=O) groups excluding carboxylic acids is 3. The fourth-order valence-electron chi connectivity index (χ4n) is 5.45. The van der Waals surface area contributed by atoms with Crippen LogP contribution in [0.4, 0.5) is 4.79 Å². The first kappa shape index (κ1) is 45.3. The second kappa shape index (κ2) is 21.8. The molecule has 2 unspecified atom stereocenters. The van der Waals surface area contributed by atoms with E-state index in [9.17, 15) is 44.1 Å². The summed E-state index contributed by atoms with van der Waals surface area (Å²) in [6, 6.07) is 24.6. The van der Waals surface area contributed by atoms with Gasteiger partial charge >= 0.3 is 24.0 Å². The molecule has 2 amide bonds. The Balaban J connectivity index is 0.000000303. The van der Waals surface area contributed by atoms with Crippen molar-refractivity contribution in [3.8, 4) is 0 Å². The molecule has 0 saturated carbocycles. The van der Waals surface area contributed by atoms with Crippen molar-refractivity contribution in [3.63, 3.8) is 0 Å². The van der Waals surface area contributed by atoms with Crippen LogP contribution in [-0.4, -0.2) is 63.1 Å². The Morgan fingerprint density at radius 1 is 0.571 bits per heavy atom. The average Bonchev–Trinajstić information content (AvgIpc) is 3.13. The number of carboxylic acids is 3.